The Hall–Kier alpha value is -1.75. The highest BCUT2D eigenvalue weighted by Crippen LogP contribution is 2.20. The number of anilines is 1. The number of benzene rings is 1. The molecule has 0 saturated carbocycles. The number of hydrazone groups is 1. The first-order valence-corrected chi connectivity index (χ1v) is 5.32. The number of rotatable bonds is 3. The molecule has 0 unspecified atom stereocenters. The molecule has 0 bridgehead atoms. The van der Waals surface area contributed by atoms with Crippen LogP contribution in [-0.2, 0) is 4.74 Å². The summed E-state index contributed by atoms with van der Waals surface area (Å²) in [5.41, 5.74) is 4.58. The van der Waals surface area contributed by atoms with Crippen molar-refractivity contribution in [2.45, 2.75) is 6.92 Å². The Bertz CT molecular complexity index is 446. The van der Waals surface area contributed by atoms with Gasteiger partial charge in [-0.05, 0) is 25.1 Å². The van der Waals surface area contributed by atoms with Crippen molar-refractivity contribution < 1.29 is 9.53 Å². The van der Waals surface area contributed by atoms with E-state index in [9.17, 15) is 4.79 Å². The van der Waals surface area contributed by atoms with Crippen LogP contribution in [0.2, 0.25) is 5.02 Å². The van der Waals surface area contributed by atoms with Crippen molar-refractivity contribution in [2.24, 2.45) is 5.10 Å². The normalized spacial score (nSPS) is 10.9. The van der Waals surface area contributed by atoms with Crippen molar-refractivity contribution in [1.29, 1.82) is 0 Å². The fourth-order valence-corrected chi connectivity index (χ4v) is 1.44. The van der Waals surface area contributed by atoms with Crippen LogP contribution in [0.25, 0.3) is 0 Å². The summed E-state index contributed by atoms with van der Waals surface area (Å²) in [4.78, 5) is 10.9. The quantitative estimate of drug-likeness (QED) is 0.644. The van der Waals surface area contributed by atoms with Crippen molar-refractivity contribution in [3.8, 4) is 0 Å². The smallest absolute Gasteiger partial charge is 0.427 e. The third-order valence-corrected chi connectivity index (χ3v) is 2.38. The lowest BCUT2D eigenvalue weighted by molar-refractivity contribution is 0.171. The van der Waals surface area contributed by atoms with Crippen LogP contribution in [0.3, 0.4) is 0 Å². The van der Waals surface area contributed by atoms with Crippen molar-refractivity contribution in [3.05, 3.63) is 28.8 Å². The number of nitrogens with zero attached hydrogens (tertiary/aromatic N) is 1. The maximum absolute atomic E-state index is 10.9. The molecule has 0 spiro atoms. The van der Waals surface area contributed by atoms with Crippen molar-refractivity contribution in [3.63, 3.8) is 0 Å². The van der Waals surface area contributed by atoms with Gasteiger partial charge in [0.25, 0.3) is 0 Å². The highest BCUT2D eigenvalue weighted by Gasteiger charge is 2.06. The molecule has 17 heavy (non-hydrogen) atoms. The number of ether oxygens (including phenoxy) is 1. The van der Waals surface area contributed by atoms with Crippen LogP contribution < -0.4 is 10.7 Å². The zero-order chi connectivity index (χ0) is 12.8. The number of carbonyl (C=O) groups is 1. The van der Waals surface area contributed by atoms with Gasteiger partial charge in [0.15, 0.2) is 0 Å². The summed E-state index contributed by atoms with van der Waals surface area (Å²) in [6.07, 6.45) is -0.614. The highest BCUT2D eigenvalue weighted by atomic mass is 35.5. The van der Waals surface area contributed by atoms with E-state index in [0.717, 1.165) is 11.3 Å². The molecule has 6 heteroatoms. The van der Waals surface area contributed by atoms with Gasteiger partial charge in [0.05, 0.1) is 12.8 Å². The van der Waals surface area contributed by atoms with Gasteiger partial charge in [-0.3, -0.25) is 0 Å². The Labute approximate surface area is 105 Å². The van der Waals surface area contributed by atoms with E-state index < -0.39 is 6.09 Å². The van der Waals surface area contributed by atoms with E-state index in [1.807, 2.05) is 6.07 Å². The molecule has 0 aromatic heterocycles. The Balaban J connectivity index is 2.97. The summed E-state index contributed by atoms with van der Waals surface area (Å²) in [6, 6.07) is 5.39. The zero-order valence-electron chi connectivity index (χ0n) is 9.87. The third-order valence-electron chi connectivity index (χ3n) is 2.14. The fourth-order valence-electron chi connectivity index (χ4n) is 1.27. The lowest BCUT2D eigenvalue weighted by atomic mass is 10.1. The van der Waals surface area contributed by atoms with Crippen molar-refractivity contribution >= 4 is 29.1 Å². The van der Waals surface area contributed by atoms with Crippen LogP contribution >= 0.6 is 11.6 Å². The number of hydrogen-bond acceptors (Lipinski definition) is 4. The van der Waals surface area contributed by atoms with Gasteiger partial charge in [-0.25, -0.2) is 10.2 Å². The molecule has 0 fully saturated rings. The van der Waals surface area contributed by atoms with Crippen LogP contribution in [0.4, 0.5) is 10.5 Å². The van der Waals surface area contributed by atoms with E-state index in [4.69, 9.17) is 11.6 Å². The summed E-state index contributed by atoms with van der Waals surface area (Å²) in [5.74, 6) is 0. The monoisotopic (exact) mass is 255 g/mol. The Morgan fingerprint density at radius 2 is 2.18 bits per heavy atom. The van der Waals surface area contributed by atoms with E-state index in [2.05, 4.69) is 20.6 Å². The molecule has 2 N–H and O–H groups in total. The minimum absolute atomic E-state index is 0.603. The molecular weight excluding hydrogens is 242 g/mol. The number of nitrogens with one attached hydrogen (secondary N) is 2. The molecule has 0 aliphatic carbocycles. The molecular formula is C11H14ClN3O2. The second kappa shape index (κ2) is 6.10. The minimum atomic E-state index is -0.614. The standard InChI is InChI=1S/C11H14ClN3O2/c1-7(14-15-11(16)17-3)9-6-8(12)4-5-10(9)13-2/h4-6,13H,1-3H3,(H,15,16)/b14-7-. The molecule has 0 heterocycles. The largest absolute Gasteiger partial charge is 0.452 e. The van der Waals surface area contributed by atoms with Gasteiger partial charge in [-0.1, -0.05) is 11.6 Å². The zero-order valence-corrected chi connectivity index (χ0v) is 10.6. The molecule has 0 saturated heterocycles. The summed E-state index contributed by atoms with van der Waals surface area (Å²) in [5, 5.41) is 7.53. The predicted molar refractivity (Wildman–Crippen MR) is 68.8 cm³/mol. The van der Waals surface area contributed by atoms with Gasteiger partial charge in [0.2, 0.25) is 0 Å². The number of carbonyl (C=O) groups excluding carboxylic acids is 1. The lowest BCUT2D eigenvalue weighted by Gasteiger charge is -2.09. The predicted octanol–water partition coefficient (Wildman–Crippen LogP) is 2.46. The molecule has 1 aromatic carbocycles. The topological polar surface area (TPSA) is 62.7 Å². The van der Waals surface area contributed by atoms with E-state index in [-0.39, 0.29) is 0 Å². The van der Waals surface area contributed by atoms with Crippen molar-refractivity contribution in [1.82, 2.24) is 5.43 Å². The molecule has 0 aliphatic heterocycles. The van der Waals surface area contributed by atoms with Crippen LogP contribution in [-0.4, -0.2) is 26.0 Å². The average Bonchev–Trinajstić information content (AvgIpc) is 2.35. The van der Waals surface area contributed by atoms with Crippen LogP contribution in [0.5, 0.6) is 0 Å². The Morgan fingerprint density at radius 1 is 1.47 bits per heavy atom. The van der Waals surface area contributed by atoms with Crippen LogP contribution in [0, 0.1) is 0 Å². The number of halogens is 1. The first-order chi connectivity index (χ1) is 8.08. The first kappa shape index (κ1) is 13.3. The minimum Gasteiger partial charge on any atom is -0.452 e. The average molecular weight is 256 g/mol. The second-order valence-electron chi connectivity index (χ2n) is 3.24. The molecule has 0 atom stereocenters. The van der Waals surface area contributed by atoms with Gasteiger partial charge in [-0.2, -0.15) is 5.10 Å². The van der Waals surface area contributed by atoms with E-state index in [0.29, 0.717) is 10.7 Å². The molecule has 1 aromatic rings. The number of hydrogen-bond donors (Lipinski definition) is 2. The van der Waals surface area contributed by atoms with Crippen LogP contribution in [0.15, 0.2) is 23.3 Å². The van der Waals surface area contributed by atoms with Gasteiger partial charge in [0, 0.05) is 23.3 Å². The van der Waals surface area contributed by atoms with Crippen molar-refractivity contribution in [2.75, 3.05) is 19.5 Å². The van der Waals surface area contributed by atoms with Gasteiger partial charge >= 0.3 is 6.09 Å². The van der Waals surface area contributed by atoms with Crippen LogP contribution in [0.1, 0.15) is 12.5 Å². The first-order valence-electron chi connectivity index (χ1n) is 4.94. The Morgan fingerprint density at radius 3 is 2.76 bits per heavy atom. The second-order valence-corrected chi connectivity index (χ2v) is 3.68. The fraction of sp³-hybridized carbons (Fsp3) is 0.273. The van der Waals surface area contributed by atoms with Gasteiger partial charge in [-0.15, -0.1) is 0 Å². The van der Waals surface area contributed by atoms with Gasteiger partial charge < -0.3 is 10.1 Å². The molecule has 1 amide bonds. The van der Waals surface area contributed by atoms with E-state index >= 15 is 0 Å². The van der Waals surface area contributed by atoms with E-state index in [1.165, 1.54) is 7.11 Å². The molecule has 0 radical (unpaired) electrons. The molecule has 5 nitrogen and oxygen atoms in total. The number of amides is 1. The Kier molecular flexibility index (Phi) is 4.78. The SMILES string of the molecule is CNc1ccc(Cl)cc1/C(C)=N\NC(=O)OC. The number of methoxy groups -OCH3 is 1. The molecule has 92 valence electrons. The maximum atomic E-state index is 10.9. The maximum Gasteiger partial charge on any atom is 0.427 e. The summed E-state index contributed by atoms with van der Waals surface area (Å²) >= 11 is 5.91. The highest BCUT2D eigenvalue weighted by molar-refractivity contribution is 6.31. The molecule has 1 rings (SSSR count). The summed E-state index contributed by atoms with van der Waals surface area (Å²) < 4.78 is 4.42. The van der Waals surface area contributed by atoms with Gasteiger partial charge in [0.1, 0.15) is 0 Å². The summed E-state index contributed by atoms with van der Waals surface area (Å²) in [6.45, 7) is 1.77. The van der Waals surface area contributed by atoms with E-state index in [1.54, 1.807) is 26.1 Å². The summed E-state index contributed by atoms with van der Waals surface area (Å²) in [7, 11) is 3.08. The lowest BCUT2D eigenvalue weighted by Crippen LogP contribution is -2.19. The third kappa shape index (κ3) is 3.64. The molecule has 0 aliphatic rings.